The average Bonchev–Trinajstić information content (AvgIpc) is 3.23. The van der Waals surface area contributed by atoms with Crippen molar-refractivity contribution in [1.29, 1.82) is 0 Å². The number of rotatable bonds is 9. The first-order valence-corrected chi connectivity index (χ1v) is 11.3. The van der Waals surface area contributed by atoms with Crippen molar-refractivity contribution in [2.45, 2.75) is 24.8 Å². The van der Waals surface area contributed by atoms with Crippen molar-refractivity contribution in [2.75, 3.05) is 17.4 Å². The van der Waals surface area contributed by atoms with E-state index >= 15 is 0 Å². The van der Waals surface area contributed by atoms with E-state index in [1.165, 1.54) is 18.2 Å². The molecule has 30 heavy (non-hydrogen) atoms. The molecule has 0 atom stereocenters. The van der Waals surface area contributed by atoms with Crippen LogP contribution in [-0.4, -0.2) is 37.0 Å². The van der Waals surface area contributed by atoms with Gasteiger partial charge in [0.2, 0.25) is 5.91 Å². The number of anilines is 1. The first-order chi connectivity index (χ1) is 14.4. The van der Waals surface area contributed by atoms with Gasteiger partial charge in [-0.15, -0.1) is 0 Å². The SMILES string of the molecule is Cc1ccc(S(=O)(=O)N(CC(=O)NCCCn2ccnc2)c2cccc(Cl)c2)cc1. The number of hydrogen-bond acceptors (Lipinski definition) is 4. The van der Waals surface area contributed by atoms with Gasteiger partial charge >= 0.3 is 0 Å². The second kappa shape index (κ2) is 9.77. The van der Waals surface area contributed by atoms with Crippen LogP contribution in [0.2, 0.25) is 5.02 Å². The lowest BCUT2D eigenvalue weighted by Gasteiger charge is -2.24. The Morgan fingerprint density at radius 1 is 1.20 bits per heavy atom. The molecule has 9 heteroatoms. The van der Waals surface area contributed by atoms with Gasteiger partial charge in [-0.25, -0.2) is 13.4 Å². The zero-order valence-corrected chi connectivity index (χ0v) is 18.1. The smallest absolute Gasteiger partial charge is 0.264 e. The van der Waals surface area contributed by atoms with Crippen molar-refractivity contribution in [1.82, 2.24) is 14.9 Å². The zero-order valence-electron chi connectivity index (χ0n) is 16.5. The lowest BCUT2D eigenvalue weighted by atomic mass is 10.2. The maximum absolute atomic E-state index is 13.3. The summed E-state index contributed by atoms with van der Waals surface area (Å²) in [6, 6.07) is 13.0. The van der Waals surface area contributed by atoms with Gasteiger partial charge in [0.05, 0.1) is 16.9 Å². The molecule has 0 saturated heterocycles. The highest BCUT2D eigenvalue weighted by Gasteiger charge is 2.27. The molecule has 0 saturated carbocycles. The van der Waals surface area contributed by atoms with E-state index in [0.717, 1.165) is 9.87 Å². The van der Waals surface area contributed by atoms with E-state index < -0.39 is 15.9 Å². The summed E-state index contributed by atoms with van der Waals surface area (Å²) < 4.78 is 29.5. The second-order valence-corrected chi connectivity index (χ2v) is 9.11. The highest BCUT2D eigenvalue weighted by atomic mass is 35.5. The Kier molecular flexibility index (Phi) is 7.12. The molecule has 1 amide bonds. The van der Waals surface area contributed by atoms with Crippen LogP contribution in [0.5, 0.6) is 0 Å². The molecule has 0 aliphatic rings. The van der Waals surface area contributed by atoms with Crippen LogP contribution in [0, 0.1) is 6.92 Å². The van der Waals surface area contributed by atoms with Crippen LogP contribution in [-0.2, 0) is 21.4 Å². The van der Waals surface area contributed by atoms with Gasteiger partial charge in [0.25, 0.3) is 10.0 Å². The summed E-state index contributed by atoms with van der Waals surface area (Å²) in [5.41, 5.74) is 1.27. The van der Waals surface area contributed by atoms with E-state index in [4.69, 9.17) is 11.6 Å². The van der Waals surface area contributed by atoms with Crippen molar-refractivity contribution in [3.63, 3.8) is 0 Å². The summed E-state index contributed by atoms with van der Waals surface area (Å²) in [7, 11) is -3.95. The number of hydrogen-bond donors (Lipinski definition) is 1. The number of nitrogens with one attached hydrogen (secondary N) is 1. The van der Waals surface area contributed by atoms with Crippen LogP contribution in [0.25, 0.3) is 0 Å². The third-order valence-electron chi connectivity index (χ3n) is 4.47. The summed E-state index contributed by atoms with van der Waals surface area (Å²) >= 11 is 6.06. The number of carbonyl (C=O) groups excluding carboxylic acids is 1. The quantitative estimate of drug-likeness (QED) is 0.511. The molecule has 3 rings (SSSR count). The molecular formula is C21H23ClN4O3S. The molecule has 0 aliphatic heterocycles. The van der Waals surface area contributed by atoms with Crippen LogP contribution < -0.4 is 9.62 Å². The second-order valence-electron chi connectivity index (χ2n) is 6.81. The molecule has 1 aromatic heterocycles. The lowest BCUT2D eigenvalue weighted by molar-refractivity contribution is -0.119. The lowest BCUT2D eigenvalue weighted by Crippen LogP contribution is -2.41. The summed E-state index contributed by atoms with van der Waals surface area (Å²) in [6.07, 6.45) is 5.94. The minimum atomic E-state index is -3.95. The molecular weight excluding hydrogens is 424 g/mol. The van der Waals surface area contributed by atoms with Crippen molar-refractivity contribution < 1.29 is 13.2 Å². The fourth-order valence-electron chi connectivity index (χ4n) is 2.88. The van der Waals surface area contributed by atoms with Crippen molar-refractivity contribution in [2.24, 2.45) is 0 Å². The molecule has 0 radical (unpaired) electrons. The molecule has 1 heterocycles. The number of amides is 1. The number of carbonyl (C=O) groups is 1. The van der Waals surface area contributed by atoms with E-state index in [1.54, 1.807) is 42.9 Å². The highest BCUT2D eigenvalue weighted by Crippen LogP contribution is 2.26. The van der Waals surface area contributed by atoms with Gasteiger partial charge < -0.3 is 9.88 Å². The highest BCUT2D eigenvalue weighted by molar-refractivity contribution is 7.92. The summed E-state index contributed by atoms with van der Waals surface area (Å²) in [6.45, 7) is 2.66. The number of imidazole rings is 1. The van der Waals surface area contributed by atoms with Gasteiger partial charge in [-0.05, 0) is 43.7 Å². The maximum atomic E-state index is 13.3. The molecule has 0 fully saturated rings. The van der Waals surface area contributed by atoms with Gasteiger partial charge in [0, 0.05) is 30.5 Å². The van der Waals surface area contributed by atoms with Gasteiger partial charge in [-0.1, -0.05) is 35.4 Å². The van der Waals surface area contributed by atoms with Crippen LogP contribution in [0.15, 0.2) is 72.1 Å². The molecule has 158 valence electrons. The Morgan fingerprint density at radius 3 is 2.63 bits per heavy atom. The molecule has 0 bridgehead atoms. The first-order valence-electron chi connectivity index (χ1n) is 9.44. The first kappa shape index (κ1) is 21.9. The number of nitrogens with zero attached hydrogens (tertiary/aromatic N) is 3. The number of aromatic nitrogens is 2. The molecule has 7 nitrogen and oxygen atoms in total. The fourth-order valence-corrected chi connectivity index (χ4v) is 4.48. The van der Waals surface area contributed by atoms with Crippen molar-refractivity contribution in [3.05, 3.63) is 77.8 Å². The zero-order chi connectivity index (χ0) is 21.6. The van der Waals surface area contributed by atoms with E-state index in [2.05, 4.69) is 10.3 Å². The Morgan fingerprint density at radius 2 is 1.97 bits per heavy atom. The molecule has 3 aromatic rings. The van der Waals surface area contributed by atoms with Gasteiger partial charge in [-0.2, -0.15) is 0 Å². The molecule has 1 N–H and O–H groups in total. The minimum Gasteiger partial charge on any atom is -0.354 e. The van der Waals surface area contributed by atoms with Gasteiger partial charge in [0.15, 0.2) is 0 Å². The maximum Gasteiger partial charge on any atom is 0.264 e. The van der Waals surface area contributed by atoms with Crippen LogP contribution >= 0.6 is 11.6 Å². The molecule has 0 aliphatic carbocycles. The Hall–Kier alpha value is -2.84. The summed E-state index contributed by atoms with van der Waals surface area (Å²) in [4.78, 5) is 16.6. The normalized spacial score (nSPS) is 11.3. The summed E-state index contributed by atoms with van der Waals surface area (Å²) in [5, 5.41) is 3.17. The summed E-state index contributed by atoms with van der Waals surface area (Å²) in [5.74, 6) is -0.392. The third kappa shape index (κ3) is 5.61. The fraction of sp³-hybridized carbons (Fsp3) is 0.238. The standard InChI is InChI=1S/C21H23ClN4O3S/c1-17-6-8-20(9-7-17)30(28,29)26(19-5-2-4-18(22)14-19)15-21(27)24-10-3-12-25-13-11-23-16-25/h2,4-9,11,13-14,16H,3,10,12,15H2,1H3,(H,24,27). The van der Waals surface area contributed by atoms with Crippen LogP contribution in [0.1, 0.15) is 12.0 Å². The molecule has 0 spiro atoms. The minimum absolute atomic E-state index is 0.112. The predicted molar refractivity (Wildman–Crippen MR) is 117 cm³/mol. The third-order valence-corrected chi connectivity index (χ3v) is 6.49. The van der Waals surface area contributed by atoms with Crippen molar-refractivity contribution >= 4 is 33.2 Å². The number of sulfonamides is 1. The van der Waals surface area contributed by atoms with E-state index in [-0.39, 0.29) is 11.4 Å². The van der Waals surface area contributed by atoms with Gasteiger partial charge in [-0.3, -0.25) is 9.10 Å². The average molecular weight is 447 g/mol. The van der Waals surface area contributed by atoms with E-state index in [9.17, 15) is 13.2 Å². The van der Waals surface area contributed by atoms with Crippen LogP contribution in [0.4, 0.5) is 5.69 Å². The van der Waals surface area contributed by atoms with Gasteiger partial charge in [0.1, 0.15) is 6.54 Å². The number of halogens is 1. The number of aryl methyl sites for hydroxylation is 2. The monoisotopic (exact) mass is 446 g/mol. The molecule has 2 aromatic carbocycles. The molecule has 0 unspecified atom stereocenters. The van der Waals surface area contributed by atoms with Crippen molar-refractivity contribution in [3.8, 4) is 0 Å². The Labute approximate surface area is 181 Å². The van der Waals surface area contributed by atoms with E-state index in [0.29, 0.717) is 30.2 Å². The number of benzene rings is 2. The van der Waals surface area contributed by atoms with E-state index in [1.807, 2.05) is 17.7 Å². The predicted octanol–water partition coefficient (Wildman–Crippen LogP) is 3.25. The Bertz CT molecular complexity index is 1080. The van der Waals surface area contributed by atoms with Crippen LogP contribution in [0.3, 0.4) is 0 Å². The largest absolute Gasteiger partial charge is 0.354 e. The topological polar surface area (TPSA) is 84.3 Å². The Balaban J connectivity index is 1.74.